The van der Waals surface area contributed by atoms with Gasteiger partial charge in [0, 0.05) is 23.1 Å². The van der Waals surface area contributed by atoms with Crippen LogP contribution < -0.4 is 10.6 Å². The summed E-state index contributed by atoms with van der Waals surface area (Å²) >= 11 is 0. The van der Waals surface area contributed by atoms with Crippen molar-refractivity contribution in [2.45, 2.75) is 13.8 Å². The van der Waals surface area contributed by atoms with Gasteiger partial charge in [-0.1, -0.05) is 24.3 Å². The maximum atomic E-state index is 12.2. The first-order valence-corrected chi connectivity index (χ1v) is 8.82. The van der Waals surface area contributed by atoms with Crippen LogP contribution in [0.1, 0.15) is 24.2 Å². The zero-order valence-electron chi connectivity index (χ0n) is 15.7. The monoisotopic (exact) mass is 382 g/mol. The second-order valence-corrected chi connectivity index (χ2v) is 5.54. The number of hydrogen-bond acceptors (Lipinski definition) is 6. The van der Waals surface area contributed by atoms with Crippen molar-refractivity contribution in [2.75, 3.05) is 23.8 Å². The maximum Gasteiger partial charge on any atom is 0.347 e. The van der Waals surface area contributed by atoms with Gasteiger partial charge in [-0.15, -0.1) is 0 Å². The number of hydrogen-bond donors (Lipinski definition) is 2. The average Bonchev–Trinajstić information content (AvgIpc) is 2.69. The molecule has 7 nitrogen and oxygen atoms in total. The first-order valence-electron chi connectivity index (χ1n) is 8.82. The van der Waals surface area contributed by atoms with Gasteiger partial charge in [-0.05, 0) is 44.2 Å². The number of amides is 1. The Labute approximate surface area is 163 Å². The number of nitrogens with one attached hydrogen (secondary N) is 2. The number of anilines is 2. The van der Waals surface area contributed by atoms with E-state index in [0.29, 0.717) is 16.9 Å². The lowest BCUT2D eigenvalue weighted by Crippen LogP contribution is -2.19. The molecule has 0 unspecified atom stereocenters. The van der Waals surface area contributed by atoms with Crippen molar-refractivity contribution in [3.05, 3.63) is 71.9 Å². The molecule has 0 aliphatic rings. The molecular formula is C21H22N2O5. The van der Waals surface area contributed by atoms with Gasteiger partial charge >= 0.3 is 11.9 Å². The lowest BCUT2D eigenvalue weighted by molar-refractivity contribution is -0.146. The van der Waals surface area contributed by atoms with E-state index in [1.54, 1.807) is 62.4 Å². The van der Waals surface area contributed by atoms with Crippen molar-refractivity contribution in [2.24, 2.45) is 0 Å². The Hall–Kier alpha value is -3.61. The molecule has 0 saturated carbocycles. The number of carbonyl (C=O) groups is 3. The van der Waals surface area contributed by atoms with Crippen molar-refractivity contribution < 1.29 is 23.9 Å². The fourth-order valence-corrected chi connectivity index (χ4v) is 2.25. The van der Waals surface area contributed by atoms with E-state index < -0.39 is 11.9 Å². The highest BCUT2D eigenvalue weighted by Gasteiger charge is 2.20. The summed E-state index contributed by atoms with van der Waals surface area (Å²) in [7, 11) is 0. The standard InChI is InChI=1S/C21H22N2O5/c1-3-27-20(25)18(21(26)28-4-2)14-22-16-11-8-12-17(13-16)23-19(24)15-9-6-5-7-10-15/h5-14,22H,3-4H2,1-2H3,(H,23,24). The first-order chi connectivity index (χ1) is 13.5. The van der Waals surface area contributed by atoms with Gasteiger partial charge in [-0.2, -0.15) is 0 Å². The molecular weight excluding hydrogens is 360 g/mol. The van der Waals surface area contributed by atoms with E-state index in [1.165, 1.54) is 6.20 Å². The molecule has 0 fully saturated rings. The summed E-state index contributed by atoms with van der Waals surface area (Å²) in [6.45, 7) is 3.56. The molecule has 28 heavy (non-hydrogen) atoms. The Morgan fingerprint density at radius 1 is 0.857 bits per heavy atom. The van der Waals surface area contributed by atoms with Crippen LogP contribution in [0.4, 0.5) is 11.4 Å². The van der Waals surface area contributed by atoms with Crippen LogP contribution in [0.3, 0.4) is 0 Å². The molecule has 0 heterocycles. The molecule has 0 atom stereocenters. The van der Waals surface area contributed by atoms with Crippen LogP contribution in [0.5, 0.6) is 0 Å². The predicted octanol–water partition coefficient (Wildman–Crippen LogP) is 3.36. The fraction of sp³-hybridized carbons (Fsp3) is 0.190. The number of ether oxygens (including phenoxy) is 2. The van der Waals surface area contributed by atoms with Crippen LogP contribution in [0, 0.1) is 0 Å². The Kier molecular flexibility index (Phi) is 7.77. The third kappa shape index (κ3) is 5.98. The molecule has 2 aromatic carbocycles. The zero-order valence-corrected chi connectivity index (χ0v) is 15.7. The van der Waals surface area contributed by atoms with E-state index in [0.717, 1.165) is 0 Å². The Balaban J connectivity index is 2.13. The van der Waals surface area contributed by atoms with Crippen molar-refractivity contribution in [3.8, 4) is 0 Å². The zero-order chi connectivity index (χ0) is 20.4. The quantitative estimate of drug-likeness (QED) is 0.315. The molecule has 2 N–H and O–H groups in total. The van der Waals surface area contributed by atoms with Crippen LogP contribution in [0.15, 0.2) is 66.4 Å². The van der Waals surface area contributed by atoms with E-state index in [1.807, 2.05) is 6.07 Å². The molecule has 0 radical (unpaired) electrons. The molecule has 2 rings (SSSR count). The number of esters is 2. The summed E-state index contributed by atoms with van der Waals surface area (Å²) in [5.41, 5.74) is 1.41. The topological polar surface area (TPSA) is 93.7 Å². The van der Waals surface area contributed by atoms with E-state index >= 15 is 0 Å². The summed E-state index contributed by atoms with van der Waals surface area (Å²) in [4.78, 5) is 36.2. The van der Waals surface area contributed by atoms with Crippen LogP contribution in [0.2, 0.25) is 0 Å². The SMILES string of the molecule is CCOC(=O)C(=CNc1cccc(NC(=O)c2ccccc2)c1)C(=O)OCC. The number of carbonyl (C=O) groups excluding carboxylic acids is 3. The molecule has 0 aliphatic heterocycles. The van der Waals surface area contributed by atoms with Crippen molar-refractivity contribution >= 4 is 29.2 Å². The van der Waals surface area contributed by atoms with Gasteiger partial charge in [-0.3, -0.25) is 4.79 Å². The van der Waals surface area contributed by atoms with Gasteiger partial charge in [0.25, 0.3) is 5.91 Å². The number of benzene rings is 2. The highest BCUT2D eigenvalue weighted by molar-refractivity contribution is 6.14. The van der Waals surface area contributed by atoms with Gasteiger partial charge in [0.2, 0.25) is 0 Å². The molecule has 0 saturated heterocycles. The predicted molar refractivity (Wildman–Crippen MR) is 106 cm³/mol. The highest BCUT2D eigenvalue weighted by atomic mass is 16.6. The molecule has 7 heteroatoms. The minimum absolute atomic E-state index is 0.135. The summed E-state index contributed by atoms with van der Waals surface area (Å²) in [5, 5.41) is 5.65. The van der Waals surface area contributed by atoms with Crippen molar-refractivity contribution in [1.29, 1.82) is 0 Å². The van der Waals surface area contributed by atoms with Crippen LogP contribution in [0.25, 0.3) is 0 Å². The molecule has 0 aromatic heterocycles. The van der Waals surface area contributed by atoms with Crippen LogP contribution >= 0.6 is 0 Å². The van der Waals surface area contributed by atoms with E-state index in [2.05, 4.69) is 10.6 Å². The van der Waals surface area contributed by atoms with Crippen LogP contribution in [-0.2, 0) is 19.1 Å². The van der Waals surface area contributed by atoms with E-state index in [4.69, 9.17) is 9.47 Å². The average molecular weight is 382 g/mol. The smallest absolute Gasteiger partial charge is 0.347 e. The molecule has 1 amide bonds. The van der Waals surface area contributed by atoms with Crippen LogP contribution in [-0.4, -0.2) is 31.1 Å². The summed E-state index contributed by atoms with van der Waals surface area (Å²) in [5.74, 6) is -1.80. The summed E-state index contributed by atoms with van der Waals surface area (Å²) in [6, 6.07) is 15.7. The van der Waals surface area contributed by atoms with Gasteiger partial charge < -0.3 is 20.1 Å². The van der Waals surface area contributed by atoms with Gasteiger partial charge in [0.05, 0.1) is 13.2 Å². The van der Waals surface area contributed by atoms with E-state index in [-0.39, 0.29) is 24.7 Å². The lowest BCUT2D eigenvalue weighted by Gasteiger charge is -2.09. The molecule has 2 aromatic rings. The molecule has 0 aliphatic carbocycles. The second-order valence-electron chi connectivity index (χ2n) is 5.54. The highest BCUT2D eigenvalue weighted by Crippen LogP contribution is 2.17. The maximum absolute atomic E-state index is 12.2. The summed E-state index contributed by atoms with van der Waals surface area (Å²) < 4.78 is 9.76. The largest absolute Gasteiger partial charge is 0.462 e. The van der Waals surface area contributed by atoms with Crippen molar-refractivity contribution in [3.63, 3.8) is 0 Å². The molecule has 0 bridgehead atoms. The first kappa shape index (κ1) is 20.7. The molecule has 0 spiro atoms. The second kappa shape index (κ2) is 10.5. The normalized spacial score (nSPS) is 9.79. The third-order valence-electron chi connectivity index (χ3n) is 3.53. The van der Waals surface area contributed by atoms with Gasteiger partial charge in [-0.25, -0.2) is 9.59 Å². The summed E-state index contributed by atoms with van der Waals surface area (Å²) in [6.07, 6.45) is 1.23. The Morgan fingerprint density at radius 3 is 2.07 bits per heavy atom. The van der Waals surface area contributed by atoms with Gasteiger partial charge in [0.15, 0.2) is 5.57 Å². The van der Waals surface area contributed by atoms with E-state index in [9.17, 15) is 14.4 Å². The third-order valence-corrected chi connectivity index (χ3v) is 3.53. The Morgan fingerprint density at radius 2 is 1.46 bits per heavy atom. The number of rotatable bonds is 8. The minimum atomic E-state index is -0.776. The van der Waals surface area contributed by atoms with Crippen molar-refractivity contribution in [1.82, 2.24) is 0 Å². The Bertz CT molecular complexity index is 842. The minimum Gasteiger partial charge on any atom is -0.462 e. The van der Waals surface area contributed by atoms with Gasteiger partial charge in [0.1, 0.15) is 0 Å². The molecule has 146 valence electrons. The fourth-order valence-electron chi connectivity index (χ4n) is 2.25. The lowest BCUT2D eigenvalue weighted by atomic mass is 10.2.